The summed E-state index contributed by atoms with van der Waals surface area (Å²) in [4.78, 5) is 21.9. The zero-order valence-electron chi connectivity index (χ0n) is 9.11. The second-order valence-electron chi connectivity index (χ2n) is 3.68. The number of anilines is 2. The lowest BCUT2D eigenvalue weighted by Crippen LogP contribution is -2.46. The largest absolute Gasteiger partial charge is 0.346 e. The van der Waals surface area contributed by atoms with E-state index < -0.39 is 0 Å². The van der Waals surface area contributed by atoms with Crippen molar-refractivity contribution >= 4 is 17.4 Å². The van der Waals surface area contributed by atoms with Gasteiger partial charge in [0.15, 0.2) is 5.82 Å². The van der Waals surface area contributed by atoms with Gasteiger partial charge in [-0.25, -0.2) is 9.97 Å². The Bertz CT molecular complexity index is 404. The van der Waals surface area contributed by atoms with E-state index in [-0.39, 0.29) is 11.9 Å². The van der Waals surface area contributed by atoms with Gasteiger partial charge in [-0.05, 0) is 13.3 Å². The van der Waals surface area contributed by atoms with Crippen molar-refractivity contribution in [3.8, 4) is 0 Å². The van der Waals surface area contributed by atoms with Gasteiger partial charge in [0.2, 0.25) is 5.91 Å². The number of hydrogen-bond acceptors (Lipinski definition) is 4. The van der Waals surface area contributed by atoms with E-state index in [1.165, 1.54) is 6.33 Å². The quantitative estimate of drug-likeness (QED) is 0.743. The second kappa shape index (κ2) is 3.49. The fraction of sp³-hybridized carbons (Fsp3) is 0.500. The average Bonchev–Trinajstić information content (AvgIpc) is 2.20. The Hall–Kier alpha value is -1.65. The van der Waals surface area contributed by atoms with Crippen molar-refractivity contribution in [2.75, 3.05) is 17.3 Å². The van der Waals surface area contributed by atoms with Crippen molar-refractivity contribution < 1.29 is 4.79 Å². The molecule has 15 heavy (non-hydrogen) atoms. The van der Waals surface area contributed by atoms with Gasteiger partial charge in [-0.3, -0.25) is 4.79 Å². The highest BCUT2D eigenvalue weighted by Gasteiger charge is 2.31. The highest BCUT2D eigenvalue weighted by atomic mass is 16.2. The molecule has 0 saturated heterocycles. The predicted molar refractivity (Wildman–Crippen MR) is 57.9 cm³/mol. The summed E-state index contributed by atoms with van der Waals surface area (Å²) in [7, 11) is 1.89. The fourth-order valence-corrected chi connectivity index (χ4v) is 1.86. The third kappa shape index (κ3) is 1.44. The topological polar surface area (TPSA) is 58.1 Å². The molecule has 1 aliphatic rings. The Balaban J connectivity index is 2.50. The molecule has 1 aromatic heterocycles. The highest BCUT2D eigenvalue weighted by Crippen LogP contribution is 2.30. The minimum atomic E-state index is -0.133. The molecule has 0 radical (unpaired) electrons. The molecule has 1 N–H and O–H groups in total. The molecule has 80 valence electrons. The molecule has 0 aromatic carbocycles. The lowest BCUT2D eigenvalue weighted by molar-refractivity contribution is -0.117. The number of likely N-dealkylation sites (N-methyl/N-ethyl adjacent to an activating group) is 1. The average molecular weight is 206 g/mol. The molecule has 1 unspecified atom stereocenters. The van der Waals surface area contributed by atoms with Gasteiger partial charge in [0, 0.05) is 7.05 Å². The van der Waals surface area contributed by atoms with E-state index in [0.29, 0.717) is 0 Å². The van der Waals surface area contributed by atoms with Gasteiger partial charge in [-0.15, -0.1) is 0 Å². The van der Waals surface area contributed by atoms with Crippen LogP contribution in [0.15, 0.2) is 6.33 Å². The van der Waals surface area contributed by atoms with Crippen LogP contribution in [0.2, 0.25) is 0 Å². The monoisotopic (exact) mass is 206 g/mol. The van der Waals surface area contributed by atoms with Crippen molar-refractivity contribution in [3.63, 3.8) is 0 Å². The van der Waals surface area contributed by atoms with E-state index in [2.05, 4.69) is 15.3 Å². The van der Waals surface area contributed by atoms with Crippen LogP contribution in [0.3, 0.4) is 0 Å². The Morgan fingerprint density at radius 2 is 2.27 bits per heavy atom. The van der Waals surface area contributed by atoms with Crippen LogP contribution in [-0.4, -0.2) is 29.0 Å². The number of nitrogens with zero attached hydrogens (tertiary/aromatic N) is 3. The van der Waals surface area contributed by atoms with E-state index >= 15 is 0 Å². The van der Waals surface area contributed by atoms with Gasteiger partial charge in [-0.1, -0.05) is 6.92 Å². The van der Waals surface area contributed by atoms with Crippen LogP contribution in [-0.2, 0) is 4.79 Å². The third-order valence-electron chi connectivity index (χ3n) is 2.76. The SMILES string of the molecule is CCC1C(=O)Nc2c(C)ncnc2N1C. The van der Waals surface area contributed by atoms with E-state index in [0.717, 1.165) is 23.6 Å². The number of nitrogens with one attached hydrogen (secondary N) is 1. The number of amides is 1. The molecule has 2 heterocycles. The van der Waals surface area contributed by atoms with Gasteiger partial charge in [0.05, 0.1) is 5.69 Å². The van der Waals surface area contributed by atoms with Crippen molar-refractivity contribution in [3.05, 3.63) is 12.0 Å². The molecule has 0 spiro atoms. The van der Waals surface area contributed by atoms with Crippen LogP contribution in [0.5, 0.6) is 0 Å². The normalized spacial score (nSPS) is 19.8. The molecule has 0 aliphatic carbocycles. The Kier molecular flexibility index (Phi) is 2.30. The summed E-state index contributed by atoms with van der Waals surface area (Å²) in [5.74, 6) is 0.819. The van der Waals surface area contributed by atoms with Crippen LogP contribution < -0.4 is 10.2 Å². The van der Waals surface area contributed by atoms with Crippen LogP contribution in [0, 0.1) is 6.92 Å². The lowest BCUT2D eigenvalue weighted by atomic mass is 10.1. The molecule has 1 atom stereocenters. The molecule has 1 aromatic rings. The summed E-state index contributed by atoms with van der Waals surface area (Å²) in [6.45, 7) is 3.85. The van der Waals surface area contributed by atoms with Crippen LogP contribution in [0.1, 0.15) is 19.0 Å². The lowest BCUT2D eigenvalue weighted by Gasteiger charge is -2.33. The summed E-state index contributed by atoms with van der Waals surface area (Å²) >= 11 is 0. The van der Waals surface area contributed by atoms with Crippen LogP contribution >= 0.6 is 0 Å². The molecule has 5 heteroatoms. The van der Waals surface area contributed by atoms with Crippen molar-refractivity contribution in [1.29, 1.82) is 0 Å². The molecule has 0 saturated carbocycles. The maximum Gasteiger partial charge on any atom is 0.247 e. The fourth-order valence-electron chi connectivity index (χ4n) is 1.86. The number of aromatic nitrogens is 2. The number of aryl methyl sites for hydroxylation is 1. The van der Waals surface area contributed by atoms with Crippen LogP contribution in [0.4, 0.5) is 11.5 Å². The summed E-state index contributed by atoms with van der Waals surface area (Å²) in [6, 6.07) is -0.133. The summed E-state index contributed by atoms with van der Waals surface area (Å²) in [5.41, 5.74) is 1.53. The molecule has 2 rings (SSSR count). The van der Waals surface area contributed by atoms with Gasteiger partial charge in [-0.2, -0.15) is 0 Å². The van der Waals surface area contributed by atoms with Crippen molar-refractivity contribution in [2.24, 2.45) is 0 Å². The van der Waals surface area contributed by atoms with E-state index in [4.69, 9.17) is 0 Å². The minimum absolute atomic E-state index is 0.0189. The number of hydrogen-bond donors (Lipinski definition) is 1. The number of carbonyl (C=O) groups is 1. The highest BCUT2D eigenvalue weighted by molar-refractivity contribution is 6.03. The van der Waals surface area contributed by atoms with Crippen LogP contribution in [0.25, 0.3) is 0 Å². The second-order valence-corrected chi connectivity index (χ2v) is 3.68. The first-order chi connectivity index (χ1) is 7.15. The van der Waals surface area contributed by atoms with Crippen molar-refractivity contribution in [2.45, 2.75) is 26.3 Å². The van der Waals surface area contributed by atoms with Gasteiger partial charge < -0.3 is 10.2 Å². The summed E-state index contributed by atoms with van der Waals surface area (Å²) in [6.07, 6.45) is 2.29. The van der Waals surface area contributed by atoms with E-state index in [1.807, 2.05) is 25.8 Å². The first-order valence-electron chi connectivity index (χ1n) is 5.00. The van der Waals surface area contributed by atoms with Gasteiger partial charge >= 0.3 is 0 Å². The van der Waals surface area contributed by atoms with E-state index in [9.17, 15) is 4.79 Å². The zero-order chi connectivity index (χ0) is 11.0. The molecule has 0 fully saturated rings. The minimum Gasteiger partial charge on any atom is -0.346 e. The molecule has 1 aliphatic heterocycles. The van der Waals surface area contributed by atoms with Gasteiger partial charge in [0.1, 0.15) is 18.1 Å². The molecule has 1 amide bonds. The number of fused-ring (bicyclic) bond motifs is 1. The summed E-state index contributed by atoms with van der Waals surface area (Å²) in [5, 5.41) is 2.85. The first kappa shape index (κ1) is 9.89. The zero-order valence-corrected chi connectivity index (χ0v) is 9.11. The standard InChI is InChI=1S/C10H14N4O/c1-4-7-10(15)13-8-6(2)11-5-12-9(8)14(7)3/h5,7H,4H2,1-3H3,(H,13,15). The molecule has 0 bridgehead atoms. The Labute approximate surface area is 88.5 Å². The maximum atomic E-state index is 11.7. The van der Waals surface area contributed by atoms with Gasteiger partial charge in [0.25, 0.3) is 0 Å². The predicted octanol–water partition coefficient (Wildman–Crippen LogP) is 0.952. The number of carbonyl (C=O) groups excluding carboxylic acids is 1. The molecular weight excluding hydrogens is 192 g/mol. The first-order valence-corrected chi connectivity index (χ1v) is 5.00. The Morgan fingerprint density at radius 3 is 2.93 bits per heavy atom. The van der Waals surface area contributed by atoms with E-state index in [1.54, 1.807) is 0 Å². The smallest absolute Gasteiger partial charge is 0.247 e. The number of rotatable bonds is 1. The third-order valence-corrected chi connectivity index (χ3v) is 2.76. The molecule has 5 nitrogen and oxygen atoms in total. The Morgan fingerprint density at radius 1 is 1.53 bits per heavy atom. The maximum absolute atomic E-state index is 11.7. The summed E-state index contributed by atoms with van der Waals surface area (Å²) < 4.78 is 0. The van der Waals surface area contributed by atoms with Crippen molar-refractivity contribution in [1.82, 2.24) is 9.97 Å². The molecular formula is C10H14N4O.